The summed E-state index contributed by atoms with van der Waals surface area (Å²) in [5.41, 5.74) is 1.20. The molecule has 0 aliphatic heterocycles. The normalized spacial score (nSPS) is 16.2. The fourth-order valence-corrected chi connectivity index (χ4v) is 3.34. The maximum absolute atomic E-state index is 6.33. The van der Waals surface area contributed by atoms with Crippen LogP contribution in [0.3, 0.4) is 0 Å². The summed E-state index contributed by atoms with van der Waals surface area (Å²) < 4.78 is 6.33. The molecule has 0 aliphatic rings. The largest absolute Gasteiger partial charge is 0.411 e. The molecule has 1 atom stereocenters. The Hall–Kier alpha value is -0.603. The molecule has 1 rings (SSSR count). The van der Waals surface area contributed by atoms with E-state index in [2.05, 4.69) is 71.1 Å². The molecule has 0 spiro atoms. The minimum absolute atomic E-state index is 0.103. The van der Waals surface area contributed by atoms with Crippen molar-refractivity contribution in [1.29, 1.82) is 0 Å². The summed E-state index contributed by atoms with van der Waals surface area (Å²) in [6.07, 6.45) is 0. The lowest BCUT2D eigenvalue weighted by Gasteiger charge is -2.44. The van der Waals surface area contributed by atoms with E-state index in [1.807, 2.05) is 0 Å². The average molecular weight is 236 g/mol. The molecular weight excluding hydrogens is 212 g/mol. The highest BCUT2D eigenvalue weighted by atomic mass is 28.3. The van der Waals surface area contributed by atoms with E-state index >= 15 is 0 Å². The van der Waals surface area contributed by atoms with Gasteiger partial charge in [0.1, 0.15) is 0 Å². The van der Waals surface area contributed by atoms with Crippen molar-refractivity contribution in [2.24, 2.45) is 5.41 Å². The maximum Gasteiger partial charge on any atom is 0.172 e. The Labute approximate surface area is 102 Å². The summed E-state index contributed by atoms with van der Waals surface area (Å²) in [7, 11) is -1.07. The maximum atomic E-state index is 6.33. The van der Waals surface area contributed by atoms with Crippen molar-refractivity contribution in [3.8, 4) is 0 Å². The zero-order chi connectivity index (χ0) is 12.4. The first-order valence-electron chi connectivity index (χ1n) is 6.01. The third-order valence-corrected chi connectivity index (χ3v) is 4.17. The SMILES string of the molecule is C[SiH](C)OC(C)(c1ccccc1)C(C)(C)C. The van der Waals surface area contributed by atoms with Gasteiger partial charge in [0.05, 0.1) is 5.60 Å². The molecule has 90 valence electrons. The number of hydrogen-bond donors (Lipinski definition) is 0. The Morgan fingerprint density at radius 3 is 1.81 bits per heavy atom. The van der Waals surface area contributed by atoms with Crippen LogP contribution in [0.1, 0.15) is 33.3 Å². The smallest absolute Gasteiger partial charge is 0.172 e. The third kappa shape index (κ3) is 2.74. The van der Waals surface area contributed by atoms with Gasteiger partial charge in [-0.3, -0.25) is 0 Å². The summed E-state index contributed by atoms with van der Waals surface area (Å²) in [5, 5.41) is 0. The number of rotatable bonds is 3. The van der Waals surface area contributed by atoms with Crippen LogP contribution < -0.4 is 0 Å². The van der Waals surface area contributed by atoms with Crippen molar-refractivity contribution < 1.29 is 4.43 Å². The van der Waals surface area contributed by atoms with Gasteiger partial charge in [-0.2, -0.15) is 0 Å². The molecule has 1 aromatic rings. The van der Waals surface area contributed by atoms with Crippen LogP contribution in [0.2, 0.25) is 13.1 Å². The predicted molar refractivity (Wildman–Crippen MR) is 73.2 cm³/mol. The highest BCUT2D eigenvalue weighted by Crippen LogP contribution is 2.42. The van der Waals surface area contributed by atoms with Crippen molar-refractivity contribution in [3.63, 3.8) is 0 Å². The van der Waals surface area contributed by atoms with Gasteiger partial charge in [-0.05, 0) is 31.0 Å². The van der Waals surface area contributed by atoms with Crippen LogP contribution >= 0.6 is 0 Å². The Kier molecular flexibility index (Phi) is 3.97. The quantitative estimate of drug-likeness (QED) is 0.722. The van der Waals surface area contributed by atoms with E-state index in [0.717, 1.165) is 0 Å². The Morgan fingerprint density at radius 2 is 1.44 bits per heavy atom. The van der Waals surface area contributed by atoms with E-state index in [4.69, 9.17) is 4.43 Å². The van der Waals surface area contributed by atoms with E-state index in [0.29, 0.717) is 0 Å². The van der Waals surface area contributed by atoms with Crippen molar-refractivity contribution >= 4 is 9.04 Å². The molecule has 2 heteroatoms. The molecule has 0 radical (unpaired) electrons. The van der Waals surface area contributed by atoms with Gasteiger partial charge in [-0.1, -0.05) is 51.1 Å². The zero-order valence-electron chi connectivity index (χ0n) is 11.4. The highest BCUT2D eigenvalue weighted by molar-refractivity contribution is 6.48. The first kappa shape index (κ1) is 13.5. The van der Waals surface area contributed by atoms with Crippen molar-refractivity contribution in [1.82, 2.24) is 0 Å². The molecule has 0 heterocycles. The third-order valence-electron chi connectivity index (χ3n) is 3.23. The molecule has 16 heavy (non-hydrogen) atoms. The van der Waals surface area contributed by atoms with Crippen LogP contribution in [0.5, 0.6) is 0 Å². The molecule has 0 aliphatic carbocycles. The first-order valence-corrected chi connectivity index (χ1v) is 8.79. The van der Waals surface area contributed by atoms with Gasteiger partial charge >= 0.3 is 0 Å². The van der Waals surface area contributed by atoms with Gasteiger partial charge in [0.2, 0.25) is 0 Å². The molecule has 0 amide bonds. The summed E-state index contributed by atoms with van der Waals surface area (Å²) in [5.74, 6) is 0. The van der Waals surface area contributed by atoms with E-state index < -0.39 is 9.04 Å². The van der Waals surface area contributed by atoms with Crippen molar-refractivity contribution in [3.05, 3.63) is 35.9 Å². The Morgan fingerprint density at radius 1 is 0.938 bits per heavy atom. The van der Waals surface area contributed by atoms with Crippen LogP contribution in [0.15, 0.2) is 30.3 Å². The fourth-order valence-electron chi connectivity index (χ4n) is 1.91. The predicted octanol–water partition coefficient (Wildman–Crippen LogP) is 3.95. The van der Waals surface area contributed by atoms with Crippen LogP contribution in [-0.4, -0.2) is 9.04 Å². The summed E-state index contributed by atoms with van der Waals surface area (Å²) in [4.78, 5) is 0. The monoisotopic (exact) mass is 236 g/mol. The topological polar surface area (TPSA) is 9.23 Å². The van der Waals surface area contributed by atoms with Crippen LogP contribution in [0.25, 0.3) is 0 Å². The van der Waals surface area contributed by atoms with Crippen molar-refractivity contribution in [2.75, 3.05) is 0 Å². The lowest BCUT2D eigenvalue weighted by Crippen LogP contribution is -2.42. The first-order chi connectivity index (χ1) is 7.27. The van der Waals surface area contributed by atoms with Gasteiger partial charge in [0.15, 0.2) is 9.04 Å². The molecule has 0 aromatic heterocycles. The fraction of sp³-hybridized carbons (Fsp3) is 0.571. The Bertz CT molecular complexity index is 326. The molecule has 1 unspecified atom stereocenters. The molecule has 0 N–H and O–H groups in total. The molecule has 1 nitrogen and oxygen atoms in total. The number of benzene rings is 1. The van der Waals surface area contributed by atoms with Gasteiger partial charge in [0.25, 0.3) is 0 Å². The second-order valence-corrected chi connectivity index (χ2v) is 8.15. The minimum Gasteiger partial charge on any atom is -0.411 e. The Balaban J connectivity index is 3.16. The lowest BCUT2D eigenvalue weighted by atomic mass is 9.73. The highest BCUT2D eigenvalue weighted by Gasteiger charge is 2.40. The van der Waals surface area contributed by atoms with Gasteiger partial charge in [-0.15, -0.1) is 0 Å². The molecular formula is C14H24OSi. The summed E-state index contributed by atoms with van der Waals surface area (Å²) in [6.45, 7) is 13.4. The molecule has 0 saturated heterocycles. The zero-order valence-corrected chi connectivity index (χ0v) is 12.5. The summed E-state index contributed by atoms with van der Waals surface area (Å²) >= 11 is 0. The standard InChI is InChI=1S/C14H24OSi/c1-13(2,3)14(4,15-16(5)6)12-10-8-7-9-11-12/h7-11,16H,1-6H3. The van der Waals surface area contributed by atoms with Crippen LogP contribution in [0.4, 0.5) is 0 Å². The van der Waals surface area contributed by atoms with Crippen LogP contribution in [-0.2, 0) is 10.0 Å². The minimum atomic E-state index is -1.07. The average Bonchev–Trinajstić information content (AvgIpc) is 2.16. The van der Waals surface area contributed by atoms with Gasteiger partial charge < -0.3 is 4.43 Å². The molecule has 0 saturated carbocycles. The molecule has 1 aromatic carbocycles. The van der Waals surface area contributed by atoms with E-state index in [1.54, 1.807) is 0 Å². The lowest BCUT2D eigenvalue weighted by molar-refractivity contribution is -0.0237. The van der Waals surface area contributed by atoms with Gasteiger partial charge in [0, 0.05) is 0 Å². The van der Waals surface area contributed by atoms with Crippen molar-refractivity contribution in [2.45, 2.75) is 46.4 Å². The summed E-state index contributed by atoms with van der Waals surface area (Å²) in [6, 6.07) is 10.6. The van der Waals surface area contributed by atoms with E-state index in [1.165, 1.54) is 5.56 Å². The second-order valence-electron chi connectivity index (χ2n) is 5.82. The van der Waals surface area contributed by atoms with E-state index in [-0.39, 0.29) is 11.0 Å². The number of hydrogen-bond acceptors (Lipinski definition) is 1. The second kappa shape index (κ2) is 4.72. The molecule has 0 bridgehead atoms. The van der Waals surface area contributed by atoms with Gasteiger partial charge in [-0.25, -0.2) is 0 Å². The van der Waals surface area contributed by atoms with E-state index in [9.17, 15) is 0 Å². The van der Waals surface area contributed by atoms with Crippen LogP contribution in [0, 0.1) is 5.41 Å². The molecule has 0 fully saturated rings.